The second-order valence-corrected chi connectivity index (χ2v) is 3.29. The molecule has 0 saturated carbocycles. The van der Waals surface area contributed by atoms with Crippen LogP contribution in [-0.2, 0) is 0 Å². The van der Waals surface area contributed by atoms with Gasteiger partial charge in [-0.3, -0.25) is 4.99 Å². The lowest BCUT2D eigenvalue weighted by Crippen LogP contribution is -2.24. The summed E-state index contributed by atoms with van der Waals surface area (Å²) in [4.78, 5) is 3.12. The molecule has 0 aliphatic carbocycles. The van der Waals surface area contributed by atoms with Gasteiger partial charge in [0.15, 0.2) is 0 Å². The van der Waals surface area contributed by atoms with Crippen molar-refractivity contribution in [3.63, 3.8) is 0 Å². The molecular weight excluding hydrogens is 248 g/mol. The van der Waals surface area contributed by atoms with Gasteiger partial charge >= 0.3 is 12.4 Å². The average Bonchev–Trinajstić information content (AvgIpc) is 2.10. The van der Waals surface area contributed by atoms with E-state index in [9.17, 15) is 26.3 Å². The fourth-order valence-corrected chi connectivity index (χ4v) is 0.897. The molecule has 0 N–H and O–H groups in total. The Morgan fingerprint density at radius 3 is 1.94 bits per heavy atom. The summed E-state index contributed by atoms with van der Waals surface area (Å²) < 4.78 is 73.0. The molecule has 7 heteroatoms. The maximum Gasteiger partial charge on any atom is 0.416 e. The minimum atomic E-state index is -4.65. The van der Waals surface area contributed by atoms with Gasteiger partial charge in [-0.25, -0.2) is 0 Å². The summed E-state index contributed by atoms with van der Waals surface area (Å²) in [5.74, 6) is 0. The van der Waals surface area contributed by atoms with Crippen molar-refractivity contribution in [2.75, 3.05) is 0 Å². The van der Waals surface area contributed by atoms with E-state index in [-0.39, 0.29) is 5.71 Å². The maximum atomic E-state index is 12.2. The number of rotatable bonds is 3. The third-order valence-electron chi connectivity index (χ3n) is 1.78. The molecule has 0 aliphatic heterocycles. The standard InChI is InChI=1S/C10H11F6N/c1-4-8(10(14,15)16)5-6(2)17-7(3)9(11,12)13/h4-5,7H,1H2,2-3H3/b8-5+,17-6-/t7-/m1/s1. The Labute approximate surface area is 94.5 Å². The quantitative estimate of drug-likeness (QED) is 0.411. The van der Waals surface area contributed by atoms with E-state index in [1.165, 1.54) is 0 Å². The van der Waals surface area contributed by atoms with Crippen LogP contribution in [0.25, 0.3) is 0 Å². The molecule has 0 saturated heterocycles. The second-order valence-electron chi connectivity index (χ2n) is 3.29. The van der Waals surface area contributed by atoms with Crippen LogP contribution >= 0.6 is 0 Å². The van der Waals surface area contributed by atoms with E-state index in [2.05, 4.69) is 11.6 Å². The number of nitrogens with zero attached hydrogens (tertiary/aromatic N) is 1. The molecule has 0 aromatic carbocycles. The van der Waals surface area contributed by atoms with E-state index >= 15 is 0 Å². The van der Waals surface area contributed by atoms with E-state index in [0.717, 1.165) is 13.8 Å². The van der Waals surface area contributed by atoms with Crippen molar-refractivity contribution in [3.05, 3.63) is 24.3 Å². The summed E-state index contributed by atoms with van der Waals surface area (Å²) in [6.07, 6.45) is -8.17. The van der Waals surface area contributed by atoms with Crippen molar-refractivity contribution in [3.8, 4) is 0 Å². The number of hydrogen-bond acceptors (Lipinski definition) is 1. The van der Waals surface area contributed by atoms with E-state index in [0.29, 0.717) is 12.2 Å². The highest BCUT2D eigenvalue weighted by molar-refractivity contribution is 5.94. The zero-order valence-electron chi connectivity index (χ0n) is 9.15. The second kappa shape index (κ2) is 5.37. The van der Waals surface area contributed by atoms with Crippen molar-refractivity contribution in [1.82, 2.24) is 0 Å². The van der Waals surface area contributed by atoms with Crippen LogP contribution in [0.1, 0.15) is 13.8 Å². The lowest BCUT2D eigenvalue weighted by Gasteiger charge is -2.12. The van der Waals surface area contributed by atoms with Crippen LogP contribution in [0.15, 0.2) is 29.3 Å². The Balaban J connectivity index is 5.07. The van der Waals surface area contributed by atoms with Crippen molar-refractivity contribution in [2.45, 2.75) is 32.2 Å². The van der Waals surface area contributed by atoms with Gasteiger partial charge in [-0.1, -0.05) is 12.7 Å². The van der Waals surface area contributed by atoms with Crippen molar-refractivity contribution in [2.24, 2.45) is 4.99 Å². The summed E-state index contributed by atoms with van der Waals surface area (Å²) in [6, 6.07) is -2.04. The third kappa shape index (κ3) is 5.55. The number of aliphatic imine (C=N–C) groups is 1. The Kier molecular flexibility index (Phi) is 4.97. The largest absolute Gasteiger partial charge is 0.416 e. The van der Waals surface area contributed by atoms with Crippen LogP contribution in [0, 0.1) is 0 Å². The summed E-state index contributed by atoms with van der Waals surface area (Å²) in [5, 5.41) is 0. The van der Waals surface area contributed by atoms with Gasteiger partial charge in [0.25, 0.3) is 0 Å². The summed E-state index contributed by atoms with van der Waals surface area (Å²) in [7, 11) is 0. The first kappa shape index (κ1) is 15.7. The summed E-state index contributed by atoms with van der Waals surface area (Å²) >= 11 is 0. The van der Waals surface area contributed by atoms with Crippen LogP contribution in [-0.4, -0.2) is 24.1 Å². The molecule has 17 heavy (non-hydrogen) atoms. The molecule has 0 bridgehead atoms. The lowest BCUT2D eigenvalue weighted by atomic mass is 10.2. The molecule has 0 aromatic rings. The molecule has 0 heterocycles. The highest BCUT2D eigenvalue weighted by Gasteiger charge is 2.36. The third-order valence-corrected chi connectivity index (χ3v) is 1.78. The van der Waals surface area contributed by atoms with Crippen molar-refractivity contribution in [1.29, 1.82) is 0 Å². The molecule has 1 nitrogen and oxygen atoms in total. The van der Waals surface area contributed by atoms with Crippen molar-refractivity contribution < 1.29 is 26.3 Å². The van der Waals surface area contributed by atoms with Gasteiger partial charge in [0.2, 0.25) is 0 Å². The highest BCUT2D eigenvalue weighted by Crippen LogP contribution is 2.27. The Morgan fingerprint density at radius 2 is 1.65 bits per heavy atom. The highest BCUT2D eigenvalue weighted by atomic mass is 19.4. The number of alkyl halides is 6. The lowest BCUT2D eigenvalue weighted by molar-refractivity contribution is -0.142. The topological polar surface area (TPSA) is 12.4 Å². The van der Waals surface area contributed by atoms with Gasteiger partial charge in [-0.2, -0.15) is 26.3 Å². The fraction of sp³-hybridized carbons (Fsp3) is 0.500. The SMILES string of the molecule is C=C/C(=C\C(C)=N/[C@H](C)C(F)(F)F)C(F)(F)F. The maximum absolute atomic E-state index is 12.2. The Hall–Kier alpha value is -1.27. The minimum Gasteiger partial charge on any atom is -0.278 e. The minimum absolute atomic E-state index is 0.359. The smallest absolute Gasteiger partial charge is 0.278 e. The molecule has 0 rings (SSSR count). The van der Waals surface area contributed by atoms with Gasteiger partial charge in [0.05, 0.1) is 5.57 Å². The first-order valence-corrected chi connectivity index (χ1v) is 4.51. The Bertz CT molecular complexity index is 334. The molecule has 0 aliphatic rings. The number of halogens is 6. The molecule has 1 atom stereocenters. The van der Waals surface area contributed by atoms with E-state index < -0.39 is 24.0 Å². The first-order chi connectivity index (χ1) is 7.48. The summed E-state index contributed by atoms with van der Waals surface area (Å²) in [6.45, 7) is 4.77. The predicted molar refractivity (Wildman–Crippen MR) is 53.0 cm³/mol. The van der Waals surface area contributed by atoms with E-state index in [4.69, 9.17) is 0 Å². The van der Waals surface area contributed by atoms with Crippen molar-refractivity contribution >= 4 is 5.71 Å². The van der Waals surface area contributed by atoms with Crippen LogP contribution in [0.5, 0.6) is 0 Å². The number of allylic oxidation sites excluding steroid dienone is 3. The van der Waals surface area contributed by atoms with E-state index in [1.54, 1.807) is 0 Å². The van der Waals surface area contributed by atoms with Crippen LogP contribution in [0.3, 0.4) is 0 Å². The molecular formula is C10H11F6N. The average molecular weight is 259 g/mol. The molecule has 98 valence electrons. The molecule has 0 amide bonds. The van der Waals surface area contributed by atoms with Gasteiger partial charge < -0.3 is 0 Å². The molecule has 0 radical (unpaired) electrons. The van der Waals surface area contributed by atoms with Gasteiger partial charge in [0.1, 0.15) is 6.04 Å². The molecule has 0 fully saturated rings. The van der Waals surface area contributed by atoms with Gasteiger partial charge in [0, 0.05) is 5.71 Å². The molecule has 0 aromatic heterocycles. The Morgan fingerprint density at radius 1 is 1.18 bits per heavy atom. The fourth-order valence-electron chi connectivity index (χ4n) is 0.897. The predicted octanol–water partition coefficient (Wildman–Crippen LogP) is 4.07. The summed E-state index contributed by atoms with van der Waals surface area (Å²) in [5.41, 5.74) is -1.49. The normalized spacial score (nSPS) is 16.9. The zero-order chi connectivity index (χ0) is 13.9. The number of hydrogen-bond donors (Lipinski definition) is 0. The molecule has 0 spiro atoms. The zero-order valence-corrected chi connectivity index (χ0v) is 9.15. The van der Waals surface area contributed by atoms with Crippen LogP contribution in [0.4, 0.5) is 26.3 Å². The van der Waals surface area contributed by atoms with Crippen LogP contribution < -0.4 is 0 Å². The van der Waals surface area contributed by atoms with Gasteiger partial charge in [-0.15, -0.1) is 0 Å². The first-order valence-electron chi connectivity index (χ1n) is 4.51. The molecule has 0 unspecified atom stereocenters. The monoisotopic (exact) mass is 259 g/mol. The van der Waals surface area contributed by atoms with Gasteiger partial charge in [-0.05, 0) is 19.9 Å². The van der Waals surface area contributed by atoms with Crippen LogP contribution in [0.2, 0.25) is 0 Å². The van der Waals surface area contributed by atoms with E-state index in [1.807, 2.05) is 0 Å².